The van der Waals surface area contributed by atoms with Crippen LogP contribution in [0.5, 0.6) is 0 Å². The molecule has 1 aromatic heterocycles. The molecule has 5 heteroatoms. The average molecular weight is 252 g/mol. The summed E-state index contributed by atoms with van der Waals surface area (Å²) in [5.74, 6) is -0.0431. The second-order valence-corrected chi connectivity index (χ2v) is 4.95. The molecule has 0 saturated heterocycles. The molecule has 0 unspecified atom stereocenters. The molecule has 0 atom stereocenters. The Morgan fingerprint density at radius 3 is 2.78 bits per heavy atom. The maximum Gasteiger partial charge on any atom is 0.254 e. The summed E-state index contributed by atoms with van der Waals surface area (Å²) in [6.07, 6.45) is 3.66. The largest absolute Gasteiger partial charge is 0.352 e. The molecule has 102 valence electrons. The zero-order valence-corrected chi connectivity index (χ0v) is 11.8. The number of amides is 1. The molecule has 0 saturated carbocycles. The van der Waals surface area contributed by atoms with Crippen LogP contribution in [-0.4, -0.2) is 47.2 Å². The minimum absolute atomic E-state index is 0.0431. The van der Waals surface area contributed by atoms with Gasteiger partial charge in [0.1, 0.15) is 0 Å². The van der Waals surface area contributed by atoms with Crippen molar-refractivity contribution in [3.63, 3.8) is 0 Å². The van der Waals surface area contributed by atoms with Crippen LogP contribution < -0.4 is 5.32 Å². The van der Waals surface area contributed by atoms with Crippen molar-refractivity contribution in [1.82, 2.24) is 20.4 Å². The second-order valence-electron chi connectivity index (χ2n) is 4.95. The van der Waals surface area contributed by atoms with Gasteiger partial charge in [0.05, 0.1) is 11.8 Å². The van der Waals surface area contributed by atoms with Crippen molar-refractivity contribution in [2.75, 3.05) is 20.1 Å². The number of aromatic amines is 1. The number of rotatable bonds is 7. The molecule has 0 radical (unpaired) electrons. The Balaban J connectivity index is 2.15. The number of aromatic nitrogens is 2. The van der Waals surface area contributed by atoms with E-state index in [0.29, 0.717) is 11.6 Å². The van der Waals surface area contributed by atoms with E-state index in [2.05, 4.69) is 41.3 Å². The Morgan fingerprint density at radius 1 is 1.50 bits per heavy atom. The highest BCUT2D eigenvalue weighted by molar-refractivity contribution is 5.94. The monoisotopic (exact) mass is 252 g/mol. The van der Waals surface area contributed by atoms with Crippen molar-refractivity contribution in [2.24, 2.45) is 0 Å². The van der Waals surface area contributed by atoms with E-state index < -0.39 is 0 Å². The predicted molar refractivity (Wildman–Crippen MR) is 72.7 cm³/mol. The Labute approximate surface area is 109 Å². The third kappa shape index (κ3) is 4.49. The van der Waals surface area contributed by atoms with Crippen LogP contribution >= 0.6 is 0 Å². The van der Waals surface area contributed by atoms with E-state index in [1.807, 2.05) is 6.92 Å². The van der Waals surface area contributed by atoms with Gasteiger partial charge in [-0.2, -0.15) is 5.10 Å². The van der Waals surface area contributed by atoms with Crippen molar-refractivity contribution < 1.29 is 4.79 Å². The van der Waals surface area contributed by atoms with Gasteiger partial charge in [0.25, 0.3) is 5.91 Å². The molecule has 5 nitrogen and oxygen atoms in total. The number of unbranched alkanes of at least 4 members (excludes halogenated alkanes) is 1. The molecule has 0 fully saturated rings. The van der Waals surface area contributed by atoms with Crippen LogP contribution in [0.1, 0.15) is 42.7 Å². The summed E-state index contributed by atoms with van der Waals surface area (Å²) in [4.78, 5) is 14.1. The average Bonchev–Trinajstić information content (AvgIpc) is 2.74. The Bertz CT molecular complexity index is 373. The van der Waals surface area contributed by atoms with E-state index in [0.717, 1.165) is 31.6 Å². The van der Waals surface area contributed by atoms with Crippen molar-refractivity contribution in [2.45, 2.75) is 39.7 Å². The molecule has 0 aliphatic carbocycles. The smallest absolute Gasteiger partial charge is 0.254 e. The van der Waals surface area contributed by atoms with Gasteiger partial charge < -0.3 is 10.2 Å². The molecule has 1 rings (SSSR count). The fourth-order valence-corrected chi connectivity index (χ4v) is 1.62. The Hall–Kier alpha value is -1.36. The Morgan fingerprint density at radius 2 is 2.22 bits per heavy atom. The minimum Gasteiger partial charge on any atom is -0.352 e. The first-order valence-electron chi connectivity index (χ1n) is 6.50. The SMILES string of the molecule is Cc1[nH]ncc1C(=O)NCCCCN(C)C(C)C. The van der Waals surface area contributed by atoms with E-state index in [9.17, 15) is 4.79 Å². The molecular formula is C13H24N4O. The van der Waals surface area contributed by atoms with Gasteiger partial charge >= 0.3 is 0 Å². The lowest BCUT2D eigenvalue weighted by Crippen LogP contribution is -2.29. The minimum atomic E-state index is -0.0431. The van der Waals surface area contributed by atoms with Crippen molar-refractivity contribution in [3.05, 3.63) is 17.5 Å². The lowest BCUT2D eigenvalue weighted by molar-refractivity contribution is 0.0952. The number of nitrogens with zero attached hydrogens (tertiary/aromatic N) is 2. The molecule has 0 aliphatic rings. The summed E-state index contributed by atoms with van der Waals surface area (Å²) >= 11 is 0. The zero-order chi connectivity index (χ0) is 13.5. The van der Waals surface area contributed by atoms with Crippen molar-refractivity contribution in [1.29, 1.82) is 0 Å². The van der Waals surface area contributed by atoms with Crippen LogP contribution in [0.2, 0.25) is 0 Å². The van der Waals surface area contributed by atoms with Gasteiger partial charge in [0.2, 0.25) is 0 Å². The highest BCUT2D eigenvalue weighted by Gasteiger charge is 2.09. The maximum absolute atomic E-state index is 11.8. The molecule has 0 bridgehead atoms. The molecule has 1 heterocycles. The topological polar surface area (TPSA) is 61.0 Å². The number of carbonyl (C=O) groups is 1. The second kappa shape index (κ2) is 7.16. The van der Waals surface area contributed by atoms with Gasteiger partial charge in [-0.3, -0.25) is 9.89 Å². The summed E-state index contributed by atoms with van der Waals surface area (Å²) in [5.41, 5.74) is 1.45. The summed E-state index contributed by atoms with van der Waals surface area (Å²) in [7, 11) is 2.12. The van der Waals surface area contributed by atoms with E-state index in [1.165, 1.54) is 0 Å². The van der Waals surface area contributed by atoms with Crippen LogP contribution in [0, 0.1) is 6.92 Å². The predicted octanol–water partition coefficient (Wildman–Crippen LogP) is 1.57. The highest BCUT2D eigenvalue weighted by Crippen LogP contribution is 2.02. The number of H-pyrrole nitrogens is 1. The lowest BCUT2D eigenvalue weighted by atomic mass is 10.2. The molecule has 2 N–H and O–H groups in total. The number of carbonyl (C=O) groups excluding carboxylic acids is 1. The van der Waals surface area contributed by atoms with Gasteiger partial charge in [-0.25, -0.2) is 0 Å². The number of hydrogen-bond acceptors (Lipinski definition) is 3. The molecule has 1 amide bonds. The van der Waals surface area contributed by atoms with Gasteiger partial charge in [0, 0.05) is 18.3 Å². The quantitative estimate of drug-likeness (QED) is 0.724. The maximum atomic E-state index is 11.8. The fourth-order valence-electron chi connectivity index (χ4n) is 1.62. The Kier molecular flexibility index (Phi) is 5.85. The van der Waals surface area contributed by atoms with Gasteiger partial charge in [-0.15, -0.1) is 0 Å². The molecule has 0 spiro atoms. The van der Waals surface area contributed by atoms with Crippen LogP contribution in [0.4, 0.5) is 0 Å². The molecule has 0 aromatic carbocycles. The van der Waals surface area contributed by atoms with Crippen molar-refractivity contribution in [3.8, 4) is 0 Å². The first-order chi connectivity index (χ1) is 8.52. The van der Waals surface area contributed by atoms with Crippen LogP contribution in [0.3, 0.4) is 0 Å². The number of hydrogen-bond donors (Lipinski definition) is 2. The first kappa shape index (κ1) is 14.7. The normalized spacial score (nSPS) is 11.2. The molecule has 1 aromatic rings. The lowest BCUT2D eigenvalue weighted by Gasteiger charge is -2.20. The van der Waals surface area contributed by atoms with Crippen LogP contribution in [0.25, 0.3) is 0 Å². The summed E-state index contributed by atoms with van der Waals surface area (Å²) in [6.45, 7) is 8.00. The van der Waals surface area contributed by atoms with Gasteiger partial charge in [-0.05, 0) is 47.2 Å². The molecular weight excluding hydrogens is 228 g/mol. The number of nitrogens with one attached hydrogen (secondary N) is 2. The molecule has 18 heavy (non-hydrogen) atoms. The van der Waals surface area contributed by atoms with Gasteiger partial charge in [-0.1, -0.05) is 0 Å². The molecule has 0 aliphatic heterocycles. The van der Waals surface area contributed by atoms with E-state index in [4.69, 9.17) is 0 Å². The first-order valence-corrected chi connectivity index (χ1v) is 6.50. The summed E-state index contributed by atoms with van der Waals surface area (Å²) in [6, 6.07) is 0.577. The highest BCUT2D eigenvalue weighted by atomic mass is 16.1. The fraction of sp³-hybridized carbons (Fsp3) is 0.692. The zero-order valence-electron chi connectivity index (χ0n) is 11.8. The van der Waals surface area contributed by atoms with Crippen LogP contribution in [0.15, 0.2) is 6.20 Å². The van der Waals surface area contributed by atoms with Crippen LogP contribution in [-0.2, 0) is 0 Å². The van der Waals surface area contributed by atoms with E-state index >= 15 is 0 Å². The standard InChI is InChI=1S/C13H24N4O/c1-10(2)17(4)8-6-5-7-14-13(18)12-9-15-16-11(12)3/h9-10H,5-8H2,1-4H3,(H,14,18)(H,15,16). The number of aryl methyl sites for hydroxylation is 1. The third-order valence-corrected chi connectivity index (χ3v) is 3.18. The van der Waals surface area contributed by atoms with E-state index in [1.54, 1.807) is 6.20 Å². The van der Waals surface area contributed by atoms with Gasteiger partial charge in [0.15, 0.2) is 0 Å². The van der Waals surface area contributed by atoms with E-state index in [-0.39, 0.29) is 5.91 Å². The summed E-state index contributed by atoms with van der Waals surface area (Å²) in [5, 5.41) is 9.51. The summed E-state index contributed by atoms with van der Waals surface area (Å²) < 4.78 is 0. The van der Waals surface area contributed by atoms with Crippen molar-refractivity contribution >= 4 is 5.91 Å². The third-order valence-electron chi connectivity index (χ3n) is 3.18.